The van der Waals surface area contributed by atoms with Crippen molar-refractivity contribution >= 4 is 11.9 Å². The molecule has 1 saturated carbocycles. The fourth-order valence-corrected chi connectivity index (χ4v) is 2.73. The monoisotopic (exact) mass is 338 g/mol. The number of aliphatic hydroxyl groups is 1. The van der Waals surface area contributed by atoms with Gasteiger partial charge in [-0.3, -0.25) is 0 Å². The number of aliphatic hydroxyl groups excluding tert-OH is 1. The molecule has 0 saturated heterocycles. The zero-order valence-corrected chi connectivity index (χ0v) is 14.0. The summed E-state index contributed by atoms with van der Waals surface area (Å²) in [5, 5.41) is 25.9. The van der Waals surface area contributed by atoms with Crippen molar-refractivity contribution in [3.8, 4) is 0 Å². The van der Waals surface area contributed by atoms with Gasteiger partial charge in [0.1, 0.15) is 0 Å². The molecule has 0 atom stereocenters. The summed E-state index contributed by atoms with van der Waals surface area (Å²) in [6.07, 6.45) is 8.15. The summed E-state index contributed by atoms with van der Waals surface area (Å²) < 4.78 is 5.46. The average molecular weight is 338 g/mol. The number of ether oxygens (including phenoxy) is 1. The molecule has 1 aromatic rings. The van der Waals surface area contributed by atoms with Crippen molar-refractivity contribution in [3.05, 3.63) is 34.9 Å². The summed E-state index contributed by atoms with van der Waals surface area (Å²) in [6.45, 7) is 2.16. The first-order chi connectivity index (χ1) is 11.5. The van der Waals surface area contributed by atoms with Crippen molar-refractivity contribution in [1.29, 1.82) is 0 Å². The zero-order valence-electron chi connectivity index (χ0n) is 14.0. The van der Waals surface area contributed by atoms with Crippen LogP contribution in [0.1, 0.15) is 64.8 Å². The minimum Gasteiger partial charge on any atom is -0.478 e. The van der Waals surface area contributed by atoms with E-state index in [0.717, 1.165) is 0 Å². The molecule has 0 heterocycles. The van der Waals surface area contributed by atoms with Crippen LogP contribution >= 0.6 is 0 Å². The molecule has 0 spiro atoms. The van der Waals surface area contributed by atoms with Gasteiger partial charge in [-0.25, -0.2) is 9.59 Å². The standard InChI is InChI=1S/C9H8O4.C9H18O2/c1-5-6(8(10)11)3-2-4-7(5)9(12)13;10-7-8-11-9-5-3-1-2-4-6-9/h2-4H,1H3,(H,10,11)(H,12,13);9-10H,1-8H2. The molecule has 24 heavy (non-hydrogen) atoms. The molecule has 3 N–H and O–H groups in total. The topological polar surface area (TPSA) is 104 Å². The van der Waals surface area contributed by atoms with E-state index in [-0.39, 0.29) is 23.3 Å². The minimum absolute atomic E-state index is 0.0277. The van der Waals surface area contributed by atoms with E-state index in [4.69, 9.17) is 20.1 Å². The summed E-state index contributed by atoms with van der Waals surface area (Å²) in [5.41, 5.74) is 0.335. The van der Waals surface area contributed by atoms with Crippen LogP contribution in [0.25, 0.3) is 0 Å². The number of hydrogen-bond donors (Lipinski definition) is 3. The molecule has 1 aromatic carbocycles. The van der Waals surface area contributed by atoms with Gasteiger partial charge in [0.15, 0.2) is 0 Å². The Kier molecular flexibility index (Phi) is 9.04. The molecule has 0 unspecified atom stereocenters. The molecular formula is C18H26O6. The molecule has 1 aliphatic carbocycles. The molecule has 0 aliphatic heterocycles. The van der Waals surface area contributed by atoms with Gasteiger partial charge in [-0.1, -0.05) is 31.7 Å². The quantitative estimate of drug-likeness (QED) is 0.713. The number of benzene rings is 1. The van der Waals surface area contributed by atoms with Gasteiger partial charge in [-0.15, -0.1) is 0 Å². The second-order valence-corrected chi connectivity index (χ2v) is 5.80. The van der Waals surface area contributed by atoms with E-state index in [9.17, 15) is 9.59 Å². The fourth-order valence-electron chi connectivity index (χ4n) is 2.73. The lowest BCUT2D eigenvalue weighted by molar-refractivity contribution is 0.0208. The first-order valence-electron chi connectivity index (χ1n) is 8.26. The lowest BCUT2D eigenvalue weighted by Crippen LogP contribution is -2.14. The number of carbonyl (C=O) groups is 2. The Hall–Kier alpha value is -1.92. The van der Waals surface area contributed by atoms with Crippen molar-refractivity contribution in [1.82, 2.24) is 0 Å². The van der Waals surface area contributed by atoms with Gasteiger partial charge in [-0.05, 0) is 37.5 Å². The van der Waals surface area contributed by atoms with E-state index in [2.05, 4.69) is 0 Å². The SMILES string of the molecule is Cc1c(C(=O)O)cccc1C(=O)O.OCCOC1CCCCCC1. The van der Waals surface area contributed by atoms with E-state index in [1.54, 1.807) is 0 Å². The Morgan fingerprint density at radius 3 is 1.96 bits per heavy atom. The first kappa shape index (κ1) is 20.1. The maximum atomic E-state index is 10.6. The Balaban J connectivity index is 0.000000243. The second kappa shape index (κ2) is 10.8. The number of carboxylic acid groups (broad SMARTS) is 2. The highest BCUT2D eigenvalue weighted by Gasteiger charge is 2.13. The van der Waals surface area contributed by atoms with E-state index in [1.807, 2.05) is 0 Å². The molecule has 134 valence electrons. The summed E-state index contributed by atoms with van der Waals surface area (Å²) in [5.74, 6) is -2.22. The van der Waals surface area contributed by atoms with Crippen LogP contribution < -0.4 is 0 Å². The highest BCUT2D eigenvalue weighted by molar-refractivity contribution is 5.96. The zero-order chi connectivity index (χ0) is 17.9. The van der Waals surface area contributed by atoms with Gasteiger partial charge < -0.3 is 20.1 Å². The van der Waals surface area contributed by atoms with Crippen LogP contribution in [0.15, 0.2) is 18.2 Å². The van der Waals surface area contributed by atoms with Crippen LogP contribution in [0, 0.1) is 6.92 Å². The second-order valence-electron chi connectivity index (χ2n) is 5.80. The summed E-state index contributed by atoms with van der Waals surface area (Å²) in [7, 11) is 0. The highest BCUT2D eigenvalue weighted by Crippen LogP contribution is 2.19. The lowest BCUT2D eigenvalue weighted by atomic mass is 10.0. The molecule has 6 heteroatoms. The summed E-state index contributed by atoms with van der Waals surface area (Å²) in [4.78, 5) is 21.2. The maximum absolute atomic E-state index is 10.6. The molecule has 0 radical (unpaired) electrons. The Bertz CT molecular complexity index is 500. The predicted octanol–water partition coefficient (Wildman–Crippen LogP) is 3.11. The third kappa shape index (κ3) is 6.68. The third-order valence-corrected chi connectivity index (χ3v) is 4.04. The maximum Gasteiger partial charge on any atom is 0.335 e. The van der Waals surface area contributed by atoms with E-state index < -0.39 is 11.9 Å². The minimum atomic E-state index is -1.11. The number of hydrogen-bond acceptors (Lipinski definition) is 4. The largest absolute Gasteiger partial charge is 0.478 e. The smallest absolute Gasteiger partial charge is 0.335 e. The van der Waals surface area contributed by atoms with Crippen molar-refractivity contribution in [2.75, 3.05) is 13.2 Å². The van der Waals surface area contributed by atoms with Crippen LogP contribution in [0.3, 0.4) is 0 Å². The van der Waals surface area contributed by atoms with Crippen molar-refractivity contribution in [3.63, 3.8) is 0 Å². The number of aromatic carboxylic acids is 2. The van der Waals surface area contributed by atoms with E-state index in [1.165, 1.54) is 63.6 Å². The predicted molar refractivity (Wildman–Crippen MR) is 89.6 cm³/mol. The molecule has 6 nitrogen and oxygen atoms in total. The number of rotatable bonds is 5. The summed E-state index contributed by atoms with van der Waals surface area (Å²) in [6, 6.07) is 4.17. The fraction of sp³-hybridized carbons (Fsp3) is 0.556. The normalized spacial score (nSPS) is 15.1. The Morgan fingerprint density at radius 1 is 1.04 bits per heavy atom. The Morgan fingerprint density at radius 2 is 1.54 bits per heavy atom. The molecular weight excluding hydrogens is 312 g/mol. The number of carboxylic acids is 2. The van der Waals surface area contributed by atoms with Crippen molar-refractivity contribution < 1.29 is 29.6 Å². The van der Waals surface area contributed by atoms with Gasteiger partial charge in [0, 0.05) is 0 Å². The Labute approximate surface area is 142 Å². The average Bonchev–Trinajstić information content (AvgIpc) is 2.82. The van der Waals surface area contributed by atoms with Crippen molar-refractivity contribution in [2.45, 2.75) is 51.6 Å². The molecule has 1 aliphatic rings. The van der Waals surface area contributed by atoms with Crippen LogP contribution in [-0.2, 0) is 4.74 Å². The van der Waals surface area contributed by atoms with Crippen molar-refractivity contribution in [2.24, 2.45) is 0 Å². The van der Waals surface area contributed by atoms with Gasteiger partial charge in [0.05, 0.1) is 30.4 Å². The van der Waals surface area contributed by atoms with Gasteiger partial charge in [0.2, 0.25) is 0 Å². The van der Waals surface area contributed by atoms with Crippen LogP contribution in [-0.4, -0.2) is 46.6 Å². The first-order valence-corrected chi connectivity index (χ1v) is 8.26. The molecule has 0 bridgehead atoms. The van der Waals surface area contributed by atoms with Gasteiger partial charge in [0.25, 0.3) is 0 Å². The third-order valence-electron chi connectivity index (χ3n) is 4.04. The summed E-state index contributed by atoms with van der Waals surface area (Å²) >= 11 is 0. The molecule has 0 amide bonds. The van der Waals surface area contributed by atoms with Crippen LogP contribution in [0.2, 0.25) is 0 Å². The van der Waals surface area contributed by atoms with Crippen LogP contribution in [0.5, 0.6) is 0 Å². The molecule has 2 rings (SSSR count). The van der Waals surface area contributed by atoms with Gasteiger partial charge in [-0.2, -0.15) is 0 Å². The molecule has 0 aromatic heterocycles. The van der Waals surface area contributed by atoms with E-state index >= 15 is 0 Å². The van der Waals surface area contributed by atoms with Gasteiger partial charge >= 0.3 is 11.9 Å². The van der Waals surface area contributed by atoms with E-state index in [0.29, 0.717) is 12.7 Å². The molecule has 1 fully saturated rings. The highest BCUT2D eigenvalue weighted by atomic mass is 16.5. The van der Waals surface area contributed by atoms with Crippen LogP contribution in [0.4, 0.5) is 0 Å². The lowest BCUT2D eigenvalue weighted by Gasteiger charge is -2.13.